The van der Waals surface area contributed by atoms with Gasteiger partial charge in [-0.15, -0.1) is 0 Å². The van der Waals surface area contributed by atoms with Gasteiger partial charge in [0.1, 0.15) is 11.4 Å². The topological polar surface area (TPSA) is 66.0 Å². The average molecular weight is 302 g/mol. The molecule has 0 aromatic carbocycles. The first-order chi connectivity index (χ1) is 14.2. The second-order valence-corrected chi connectivity index (χ2v) is 4.54. The largest absolute Gasteiger partial charge is 0.336 e. The van der Waals surface area contributed by atoms with Crippen LogP contribution in [-0.4, -0.2) is 19.5 Å². The molecule has 0 saturated heterocycles. The second-order valence-electron chi connectivity index (χ2n) is 4.54. The standard InChI is InChI=1S/C15H21N3O3/c1-10-9-16(3)13-12(10)14(20)18(15(21)17(13)4)8-6-5-7-11(2)19/h9H,5-8H2,1-4H3/i1D3,2D3,4D3,7D2. The molecular formula is C15H21N3O3. The second kappa shape index (κ2) is 5.71. The maximum absolute atomic E-state index is 13.0. The SMILES string of the molecule is [2H]C([2H])([2H])C(=O)C([2H])([2H])CCCn1c(=O)c2c(C([2H])([2H])[2H])cn(C)c2n(C([2H])([2H])[2H])c1=O. The van der Waals surface area contributed by atoms with Crippen LogP contribution in [0.4, 0.5) is 0 Å². The number of fused-ring (bicyclic) bond motifs is 1. The summed E-state index contributed by atoms with van der Waals surface area (Å²) in [4.78, 5) is 37.7. The van der Waals surface area contributed by atoms with Gasteiger partial charge in [-0.25, -0.2) is 4.79 Å². The zero-order valence-electron chi connectivity index (χ0n) is 22.3. The summed E-state index contributed by atoms with van der Waals surface area (Å²) in [7, 11) is 1.29. The normalized spacial score (nSPS) is 21.5. The molecule has 0 N–H and O–H groups in total. The van der Waals surface area contributed by atoms with E-state index in [2.05, 4.69) is 0 Å². The molecule has 2 aromatic heterocycles. The summed E-state index contributed by atoms with van der Waals surface area (Å²) in [6, 6.07) is 0. The van der Waals surface area contributed by atoms with Gasteiger partial charge >= 0.3 is 5.69 Å². The molecule has 2 aromatic rings. The minimum atomic E-state index is -3.19. The highest BCUT2D eigenvalue weighted by Gasteiger charge is 2.15. The Kier molecular flexibility index (Phi) is 1.72. The van der Waals surface area contributed by atoms with E-state index >= 15 is 0 Å². The molecule has 2 heterocycles. The first kappa shape index (κ1) is 6.34. The molecule has 0 aliphatic heterocycles. The van der Waals surface area contributed by atoms with Crippen LogP contribution in [-0.2, 0) is 25.4 Å². The molecule has 0 aliphatic carbocycles. The molecule has 0 aliphatic rings. The average Bonchev–Trinajstić information content (AvgIpc) is 2.93. The van der Waals surface area contributed by atoms with E-state index in [0.717, 1.165) is 10.8 Å². The van der Waals surface area contributed by atoms with Gasteiger partial charge in [-0.05, 0) is 32.1 Å². The Bertz CT molecular complexity index is 1160. The highest BCUT2D eigenvalue weighted by molar-refractivity contribution is 5.79. The van der Waals surface area contributed by atoms with E-state index < -0.39 is 73.6 Å². The third-order valence-electron chi connectivity index (χ3n) is 3.09. The molecule has 21 heavy (non-hydrogen) atoms. The lowest BCUT2D eigenvalue weighted by Gasteiger charge is -2.09. The fourth-order valence-electron chi connectivity index (χ4n) is 2.17. The van der Waals surface area contributed by atoms with E-state index in [1.807, 2.05) is 0 Å². The van der Waals surface area contributed by atoms with Crippen molar-refractivity contribution in [1.29, 1.82) is 0 Å². The number of rotatable bonds is 5. The van der Waals surface area contributed by atoms with Crippen LogP contribution in [0, 0.1) is 6.85 Å². The summed E-state index contributed by atoms with van der Waals surface area (Å²) in [6.45, 7) is -9.62. The molecule has 0 radical (unpaired) electrons. The number of hydrogen-bond donors (Lipinski definition) is 0. The maximum atomic E-state index is 13.0. The fourth-order valence-corrected chi connectivity index (χ4v) is 2.17. The molecule has 0 amide bonds. The number of nitrogens with zero attached hydrogens (tertiary/aromatic N) is 3. The van der Waals surface area contributed by atoms with Crippen molar-refractivity contribution in [2.75, 3.05) is 0 Å². The highest BCUT2D eigenvalue weighted by atomic mass is 16.2. The van der Waals surface area contributed by atoms with Crippen LogP contribution in [0.15, 0.2) is 15.8 Å². The van der Waals surface area contributed by atoms with Crippen LogP contribution in [0.1, 0.15) is 46.7 Å². The van der Waals surface area contributed by atoms with Crippen molar-refractivity contribution >= 4 is 16.8 Å². The zero-order chi connectivity index (χ0) is 25.0. The van der Waals surface area contributed by atoms with Gasteiger partial charge < -0.3 is 9.36 Å². The van der Waals surface area contributed by atoms with Gasteiger partial charge in [-0.3, -0.25) is 13.9 Å². The van der Waals surface area contributed by atoms with Crippen LogP contribution in [0.5, 0.6) is 0 Å². The van der Waals surface area contributed by atoms with Gasteiger partial charge in [0.25, 0.3) is 5.56 Å². The van der Waals surface area contributed by atoms with Crippen LogP contribution >= 0.6 is 0 Å². The van der Waals surface area contributed by atoms with Crippen LogP contribution < -0.4 is 11.2 Å². The van der Waals surface area contributed by atoms with E-state index in [0.29, 0.717) is 9.13 Å². The first-order valence-electron chi connectivity index (χ1n) is 11.6. The molecule has 0 atom stereocenters. The number of carbonyl (C=O) groups is 1. The Morgan fingerprint density at radius 3 is 2.86 bits per heavy atom. The summed E-state index contributed by atoms with van der Waals surface area (Å²) >= 11 is 0. The van der Waals surface area contributed by atoms with Crippen molar-refractivity contribution in [1.82, 2.24) is 13.7 Å². The number of aromatic nitrogens is 3. The zero-order valence-corrected chi connectivity index (χ0v) is 11.3. The Labute approximate surface area is 138 Å². The molecule has 0 bridgehead atoms. The molecule has 0 spiro atoms. The van der Waals surface area contributed by atoms with E-state index in [1.54, 1.807) is 0 Å². The first-order valence-corrected chi connectivity index (χ1v) is 6.12. The van der Waals surface area contributed by atoms with Gasteiger partial charge in [-0.1, -0.05) is 0 Å². The van der Waals surface area contributed by atoms with Crippen molar-refractivity contribution < 1.29 is 19.9 Å². The lowest BCUT2D eigenvalue weighted by molar-refractivity contribution is -0.117. The number of carbonyl (C=O) groups excluding carboxylic acids is 1. The van der Waals surface area contributed by atoms with Crippen molar-refractivity contribution in [2.45, 2.75) is 39.5 Å². The predicted molar refractivity (Wildman–Crippen MR) is 81.7 cm³/mol. The molecule has 0 fully saturated rings. The van der Waals surface area contributed by atoms with Crippen molar-refractivity contribution in [2.24, 2.45) is 14.0 Å². The van der Waals surface area contributed by atoms with E-state index in [1.165, 1.54) is 7.05 Å². The highest BCUT2D eigenvalue weighted by Crippen LogP contribution is 2.13. The van der Waals surface area contributed by atoms with E-state index in [9.17, 15) is 14.4 Å². The van der Waals surface area contributed by atoms with Crippen LogP contribution in [0.2, 0.25) is 0 Å². The number of Topliss-reactive ketones (excluding diaryl/α,β-unsaturated/α-hetero) is 1. The predicted octanol–water partition coefficient (Wildman–Crippen LogP) is 1.11. The van der Waals surface area contributed by atoms with Gasteiger partial charge in [0.05, 0.1) is 5.39 Å². The summed E-state index contributed by atoms with van der Waals surface area (Å²) in [5, 5.41) is -0.496. The molecule has 0 unspecified atom stereocenters. The third-order valence-corrected chi connectivity index (χ3v) is 3.09. The summed E-state index contributed by atoms with van der Waals surface area (Å²) in [6.07, 6.45) is -2.77. The summed E-state index contributed by atoms with van der Waals surface area (Å²) in [5.41, 5.74) is -3.22. The molecule has 114 valence electrons. The third kappa shape index (κ3) is 2.70. The Morgan fingerprint density at radius 2 is 2.19 bits per heavy atom. The molecule has 6 nitrogen and oxygen atoms in total. The monoisotopic (exact) mass is 302 g/mol. The Balaban J connectivity index is 2.65. The maximum Gasteiger partial charge on any atom is 0.332 e. The van der Waals surface area contributed by atoms with E-state index in [-0.39, 0.29) is 6.42 Å². The van der Waals surface area contributed by atoms with Gasteiger partial charge in [-0.2, -0.15) is 0 Å². The van der Waals surface area contributed by atoms with Crippen LogP contribution in [0.3, 0.4) is 0 Å². The van der Waals surface area contributed by atoms with Crippen molar-refractivity contribution in [3.8, 4) is 0 Å². The smallest absolute Gasteiger partial charge is 0.332 e. The quantitative estimate of drug-likeness (QED) is 0.831. The van der Waals surface area contributed by atoms with Gasteiger partial charge in [0, 0.05) is 48.2 Å². The summed E-state index contributed by atoms with van der Waals surface area (Å²) < 4.78 is 84.3. The Hall–Kier alpha value is -2.11. The number of ketones is 1. The minimum absolute atomic E-state index is 0.307. The van der Waals surface area contributed by atoms with Gasteiger partial charge in [0.15, 0.2) is 0 Å². The Morgan fingerprint density at radius 1 is 1.38 bits per heavy atom. The summed E-state index contributed by atoms with van der Waals surface area (Å²) in [5.74, 6) is -1.64. The van der Waals surface area contributed by atoms with Crippen molar-refractivity contribution in [3.63, 3.8) is 0 Å². The molecule has 0 saturated carbocycles. The van der Waals surface area contributed by atoms with Crippen molar-refractivity contribution in [3.05, 3.63) is 32.6 Å². The van der Waals surface area contributed by atoms with Crippen LogP contribution in [0.25, 0.3) is 11.0 Å². The number of aryl methyl sites for hydroxylation is 3. The van der Waals surface area contributed by atoms with E-state index in [4.69, 9.17) is 15.1 Å². The molecular weight excluding hydrogens is 270 g/mol. The lowest BCUT2D eigenvalue weighted by Crippen LogP contribution is -2.39. The number of hydrogen-bond acceptors (Lipinski definition) is 3. The molecule has 6 heteroatoms. The fraction of sp³-hybridized carbons (Fsp3) is 0.533. The lowest BCUT2D eigenvalue weighted by atomic mass is 10.2. The van der Waals surface area contributed by atoms with Gasteiger partial charge in [0.2, 0.25) is 0 Å². The minimum Gasteiger partial charge on any atom is -0.336 e. The molecule has 2 rings (SSSR count).